The first-order chi connectivity index (χ1) is 12.2. The number of rotatable bonds is 5. The Kier molecular flexibility index (Phi) is 5.00. The third-order valence-electron chi connectivity index (χ3n) is 3.92. The zero-order chi connectivity index (χ0) is 17.6. The highest BCUT2D eigenvalue weighted by Crippen LogP contribution is 2.20. The minimum atomic E-state index is 0.640. The molecule has 0 saturated carbocycles. The minimum absolute atomic E-state index is 0.640. The Balaban J connectivity index is 1.88. The van der Waals surface area contributed by atoms with Crippen LogP contribution in [0, 0.1) is 11.3 Å². The summed E-state index contributed by atoms with van der Waals surface area (Å²) < 4.78 is 0. The van der Waals surface area contributed by atoms with Gasteiger partial charge in [0.2, 0.25) is 0 Å². The summed E-state index contributed by atoms with van der Waals surface area (Å²) in [5, 5.41) is 8.90. The Bertz CT molecular complexity index is 882. The van der Waals surface area contributed by atoms with Gasteiger partial charge in [0.1, 0.15) is 11.5 Å². The number of anilines is 1. The zero-order valence-corrected chi connectivity index (χ0v) is 14.3. The molecule has 3 rings (SSSR count). The largest absolute Gasteiger partial charge is 0.355 e. The van der Waals surface area contributed by atoms with Crippen LogP contribution in [0.1, 0.15) is 23.7 Å². The molecule has 0 unspecified atom stereocenters. The molecule has 0 aliphatic heterocycles. The third-order valence-corrected chi connectivity index (χ3v) is 3.92. The first-order valence-electron chi connectivity index (χ1n) is 8.19. The average molecular weight is 329 g/mol. The van der Waals surface area contributed by atoms with Gasteiger partial charge in [0.05, 0.1) is 11.6 Å². The van der Waals surface area contributed by atoms with E-state index in [0.29, 0.717) is 17.9 Å². The molecule has 124 valence electrons. The van der Waals surface area contributed by atoms with Crippen LogP contribution >= 0.6 is 0 Å². The average Bonchev–Trinajstić information content (AvgIpc) is 2.68. The van der Waals surface area contributed by atoms with Crippen LogP contribution in [0.2, 0.25) is 0 Å². The summed E-state index contributed by atoms with van der Waals surface area (Å²) in [6.45, 7) is 2.78. The summed E-state index contributed by atoms with van der Waals surface area (Å²) in [5.74, 6) is 1.50. The maximum atomic E-state index is 8.90. The van der Waals surface area contributed by atoms with Crippen molar-refractivity contribution in [3.63, 3.8) is 0 Å². The molecule has 2 aromatic heterocycles. The molecule has 0 bridgehead atoms. The highest BCUT2D eigenvalue weighted by molar-refractivity contribution is 5.53. The fourth-order valence-corrected chi connectivity index (χ4v) is 2.51. The molecular formula is C20H19N5. The van der Waals surface area contributed by atoms with E-state index in [1.54, 1.807) is 6.20 Å². The molecule has 0 aliphatic carbocycles. The second-order valence-electron chi connectivity index (χ2n) is 5.77. The van der Waals surface area contributed by atoms with E-state index in [1.807, 2.05) is 55.6 Å². The van der Waals surface area contributed by atoms with Crippen molar-refractivity contribution in [2.75, 3.05) is 11.9 Å². The molecule has 5 nitrogen and oxygen atoms in total. The molecule has 0 amide bonds. The quantitative estimate of drug-likeness (QED) is 0.715. The van der Waals surface area contributed by atoms with E-state index >= 15 is 0 Å². The fourth-order valence-electron chi connectivity index (χ4n) is 2.51. The van der Waals surface area contributed by atoms with Crippen LogP contribution in [-0.2, 0) is 13.0 Å². The molecule has 1 aromatic carbocycles. The second-order valence-corrected chi connectivity index (χ2v) is 5.77. The van der Waals surface area contributed by atoms with Gasteiger partial charge in [-0.3, -0.25) is 4.98 Å². The monoisotopic (exact) mass is 329 g/mol. The maximum absolute atomic E-state index is 8.90. The van der Waals surface area contributed by atoms with Gasteiger partial charge in [-0.15, -0.1) is 0 Å². The molecule has 0 radical (unpaired) electrons. The van der Waals surface area contributed by atoms with Crippen molar-refractivity contribution in [3.05, 3.63) is 71.5 Å². The number of hydrogen-bond acceptors (Lipinski definition) is 5. The third kappa shape index (κ3) is 3.99. The molecule has 2 heterocycles. The lowest BCUT2D eigenvalue weighted by atomic mass is 10.1. The molecule has 5 heteroatoms. The molecule has 0 fully saturated rings. The van der Waals surface area contributed by atoms with Gasteiger partial charge in [0, 0.05) is 31.5 Å². The van der Waals surface area contributed by atoms with Gasteiger partial charge in [-0.05, 0) is 36.2 Å². The van der Waals surface area contributed by atoms with Crippen molar-refractivity contribution in [1.82, 2.24) is 15.0 Å². The van der Waals surface area contributed by atoms with Crippen molar-refractivity contribution in [1.29, 1.82) is 5.26 Å². The topological polar surface area (TPSA) is 65.7 Å². The molecule has 0 saturated heterocycles. The normalized spacial score (nSPS) is 10.3. The fraction of sp³-hybridized carbons (Fsp3) is 0.200. The standard InChI is InChI=1S/C20H19N5/c1-3-17-12-19(24-20(23-17)18-6-4-5-11-22-18)25(2)14-16-9-7-15(13-21)8-10-16/h4-12H,3,14H2,1-2H3. The zero-order valence-electron chi connectivity index (χ0n) is 14.3. The minimum Gasteiger partial charge on any atom is -0.355 e. The Morgan fingerprint density at radius 2 is 1.88 bits per heavy atom. The van der Waals surface area contributed by atoms with Crippen molar-refractivity contribution < 1.29 is 0 Å². The first-order valence-corrected chi connectivity index (χ1v) is 8.19. The van der Waals surface area contributed by atoms with Gasteiger partial charge >= 0.3 is 0 Å². The summed E-state index contributed by atoms with van der Waals surface area (Å²) in [5.41, 5.74) is 3.54. The summed E-state index contributed by atoms with van der Waals surface area (Å²) in [6.07, 6.45) is 2.58. The number of nitriles is 1. The van der Waals surface area contributed by atoms with Crippen molar-refractivity contribution >= 4 is 5.82 Å². The number of pyridine rings is 1. The molecule has 0 spiro atoms. The van der Waals surface area contributed by atoms with Crippen LogP contribution < -0.4 is 4.90 Å². The smallest absolute Gasteiger partial charge is 0.180 e. The Hall–Kier alpha value is -3.26. The molecule has 0 aliphatic rings. The van der Waals surface area contributed by atoms with Gasteiger partial charge in [-0.1, -0.05) is 25.1 Å². The van der Waals surface area contributed by atoms with E-state index in [0.717, 1.165) is 29.2 Å². The summed E-state index contributed by atoms with van der Waals surface area (Å²) in [7, 11) is 2.00. The number of aryl methyl sites for hydroxylation is 1. The van der Waals surface area contributed by atoms with E-state index in [-0.39, 0.29) is 0 Å². The van der Waals surface area contributed by atoms with E-state index in [4.69, 9.17) is 5.26 Å². The lowest BCUT2D eigenvalue weighted by Gasteiger charge is -2.19. The van der Waals surface area contributed by atoms with E-state index in [9.17, 15) is 0 Å². The van der Waals surface area contributed by atoms with Gasteiger partial charge in [0.15, 0.2) is 5.82 Å². The summed E-state index contributed by atoms with van der Waals surface area (Å²) >= 11 is 0. The molecule has 0 N–H and O–H groups in total. The number of hydrogen-bond donors (Lipinski definition) is 0. The lowest BCUT2D eigenvalue weighted by molar-refractivity contribution is 0.879. The van der Waals surface area contributed by atoms with Crippen LogP contribution in [0.4, 0.5) is 5.82 Å². The number of aromatic nitrogens is 3. The van der Waals surface area contributed by atoms with Crippen molar-refractivity contribution in [2.24, 2.45) is 0 Å². The van der Waals surface area contributed by atoms with Gasteiger partial charge in [-0.2, -0.15) is 5.26 Å². The van der Waals surface area contributed by atoms with E-state index in [1.165, 1.54) is 0 Å². The van der Waals surface area contributed by atoms with Crippen LogP contribution in [-0.4, -0.2) is 22.0 Å². The van der Waals surface area contributed by atoms with Crippen LogP contribution in [0.15, 0.2) is 54.7 Å². The Morgan fingerprint density at radius 3 is 2.52 bits per heavy atom. The van der Waals surface area contributed by atoms with E-state index in [2.05, 4.69) is 32.8 Å². The predicted molar refractivity (Wildman–Crippen MR) is 97.9 cm³/mol. The van der Waals surface area contributed by atoms with Crippen molar-refractivity contribution in [3.8, 4) is 17.6 Å². The Morgan fingerprint density at radius 1 is 1.08 bits per heavy atom. The highest BCUT2D eigenvalue weighted by Gasteiger charge is 2.11. The second kappa shape index (κ2) is 7.54. The predicted octanol–water partition coefficient (Wildman–Crippen LogP) is 3.61. The lowest BCUT2D eigenvalue weighted by Crippen LogP contribution is -2.18. The van der Waals surface area contributed by atoms with Gasteiger partial charge in [0.25, 0.3) is 0 Å². The van der Waals surface area contributed by atoms with Crippen molar-refractivity contribution in [2.45, 2.75) is 19.9 Å². The van der Waals surface area contributed by atoms with Gasteiger partial charge < -0.3 is 4.90 Å². The molecular weight excluding hydrogens is 310 g/mol. The van der Waals surface area contributed by atoms with Gasteiger partial charge in [-0.25, -0.2) is 9.97 Å². The van der Waals surface area contributed by atoms with E-state index < -0.39 is 0 Å². The SMILES string of the molecule is CCc1cc(N(C)Cc2ccc(C#N)cc2)nc(-c2ccccn2)n1. The molecule has 25 heavy (non-hydrogen) atoms. The first kappa shape index (κ1) is 16.6. The molecule has 0 atom stereocenters. The van der Waals surface area contributed by atoms with Crippen LogP contribution in [0.5, 0.6) is 0 Å². The summed E-state index contributed by atoms with van der Waals surface area (Å²) in [4.78, 5) is 15.7. The van der Waals surface area contributed by atoms with Crippen LogP contribution in [0.3, 0.4) is 0 Å². The van der Waals surface area contributed by atoms with Crippen LogP contribution in [0.25, 0.3) is 11.5 Å². The highest BCUT2D eigenvalue weighted by atomic mass is 15.2. The number of benzene rings is 1. The maximum Gasteiger partial charge on any atom is 0.180 e. The number of nitrogens with zero attached hydrogens (tertiary/aromatic N) is 5. The summed E-state index contributed by atoms with van der Waals surface area (Å²) in [6, 6.07) is 17.5. The Labute approximate surface area is 147 Å². The molecule has 3 aromatic rings.